The van der Waals surface area contributed by atoms with Crippen molar-refractivity contribution in [3.63, 3.8) is 0 Å². The molecule has 1 aliphatic rings. The van der Waals surface area contributed by atoms with Gasteiger partial charge < -0.3 is 10.6 Å². The van der Waals surface area contributed by atoms with Gasteiger partial charge in [0.15, 0.2) is 0 Å². The summed E-state index contributed by atoms with van der Waals surface area (Å²) in [7, 11) is 0. The van der Waals surface area contributed by atoms with Gasteiger partial charge in [0.1, 0.15) is 0 Å². The fourth-order valence-electron chi connectivity index (χ4n) is 1.75. The molecule has 1 heterocycles. The fourth-order valence-corrected chi connectivity index (χ4v) is 2.01. The van der Waals surface area contributed by atoms with Crippen LogP contribution in [-0.4, -0.2) is 23.9 Å². The summed E-state index contributed by atoms with van der Waals surface area (Å²) in [6.45, 7) is 1.35. The Morgan fingerprint density at radius 1 is 1.38 bits per heavy atom. The number of hydrogen-bond acceptors (Lipinski definition) is 2. The highest BCUT2D eigenvalue weighted by molar-refractivity contribution is 6.34. The first-order valence-electron chi connectivity index (χ1n) is 5.18. The summed E-state index contributed by atoms with van der Waals surface area (Å²) in [5, 5.41) is 0.416. The highest BCUT2D eigenvalue weighted by Gasteiger charge is 2.20. The molecule has 0 spiro atoms. The number of carbonyl (C=O) groups excluding carboxylic acids is 1. The first-order valence-corrected chi connectivity index (χ1v) is 5.56. The molecule has 3 nitrogen and oxygen atoms in total. The zero-order chi connectivity index (χ0) is 11.5. The van der Waals surface area contributed by atoms with E-state index in [-0.39, 0.29) is 5.91 Å². The lowest BCUT2D eigenvalue weighted by molar-refractivity contribution is 0.0772. The topological polar surface area (TPSA) is 46.3 Å². The predicted octanol–water partition coefficient (Wildman–Crippen LogP) is 2.32. The molecule has 1 aromatic carbocycles. The number of nitrogen functional groups attached to an aromatic ring is 1. The Hall–Kier alpha value is -1.48. The Labute approximate surface area is 99.5 Å². The van der Waals surface area contributed by atoms with E-state index in [1.165, 1.54) is 0 Å². The van der Waals surface area contributed by atoms with Crippen molar-refractivity contribution in [1.29, 1.82) is 0 Å². The molecular formula is C12H13ClN2O. The summed E-state index contributed by atoms with van der Waals surface area (Å²) in [5.41, 5.74) is 6.63. The van der Waals surface area contributed by atoms with Crippen LogP contribution in [-0.2, 0) is 0 Å². The van der Waals surface area contributed by atoms with Crippen LogP contribution in [0.2, 0.25) is 5.02 Å². The minimum atomic E-state index is -0.0903. The standard InChI is InChI=1S/C12H13ClN2O/c13-9-5-4-6-10(14)11(9)12(16)15-7-2-1-3-8-15/h1-2,4-6H,3,7-8,14H2. The van der Waals surface area contributed by atoms with Gasteiger partial charge in [-0.05, 0) is 18.6 Å². The number of rotatable bonds is 1. The molecule has 0 bridgehead atoms. The highest BCUT2D eigenvalue weighted by Crippen LogP contribution is 2.24. The quantitative estimate of drug-likeness (QED) is 0.601. The Bertz CT molecular complexity index is 422. The van der Waals surface area contributed by atoms with E-state index in [1.54, 1.807) is 23.1 Å². The third kappa shape index (κ3) is 2.04. The average molecular weight is 237 g/mol. The molecule has 0 aromatic heterocycles. The maximum atomic E-state index is 12.2. The molecule has 1 amide bonds. The van der Waals surface area contributed by atoms with Crippen molar-refractivity contribution in [2.45, 2.75) is 6.42 Å². The number of nitrogens with zero attached hydrogens (tertiary/aromatic N) is 1. The monoisotopic (exact) mass is 236 g/mol. The van der Waals surface area contributed by atoms with E-state index in [2.05, 4.69) is 6.08 Å². The molecule has 0 saturated carbocycles. The summed E-state index contributed by atoms with van der Waals surface area (Å²) >= 11 is 6.00. The van der Waals surface area contributed by atoms with Gasteiger partial charge >= 0.3 is 0 Å². The Balaban J connectivity index is 2.30. The van der Waals surface area contributed by atoms with Crippen molar-refractivity contribution in [2.75, 3.05) is 18.8 Å². The summed E-state index contributed by atoms with van der Waals surface area (Å²) in [6, 6.07) is 5.12. The van der Waals surface area contributed by atoms with Gasteiger partial charge in [-0.1, -0.05) is 29.8 Å². The summed E-state index contributed by atoms with van der Waals surface area (Å²) in [4.78, 5) is 13.9. The second-order valence-electron chi connectivity index (χ2n) is 3.72. The number of amides is 1. The minimum absolute atomic E-state index is 0.0903. The Morgan fingerprint density at radius 3 is 2.81 bits per heavy atom. The van der Waals surface area contributed by atoms with Crippen LogP contribution in [0.4, 0.5) is 5.69 Å². The van der Waals surface area contributed by atoms with E-state index in [1.807, 2.05) is 6.08 Å². The lowest BCUT2D eigenvalue weighted by Gasteiger charge is -2.24. The van der Waals surface area contributed by atoms with Crippen molar-refractivity contribution in [2.24, 2.45) is 0 Å². The zero-order valence-corrected chi connectivity index (χ0v) is 9.57. The number of hydrogen-bond donors (Lipinski definition) is 1. The van der Waals surface area contributed by atoms with E-state index in [0.29, 0.717) is 22.8 Å². The van der Waals surface area contributed by atoms with Crippen LogP contribution in [0.25, 0.3) is 0 Å². The van der Waals surface area contributed by atoms with Gasteiger partial charge in [0.2, 0.25) is 0 Å². The van der Waals surface area contributed by atoms with Crippen LogP contribution >= 0.6 is 11.6 Å². The normalized spacial score (nSPS) is 15.2. The SMILES string of the molecule is Nc1cccc(Cl)c1C(=O)N1CC=CCC1. The van der Waals surface area contributed by atoms with Gasteiger partial charge in [-0.25, -0.2) is 0 Å². The maximum Gasteiger partial charge on any atom is 0.257 e. The van der Waals surface area contributed by atoms with Gasteiger partial charge in [-0.3, -0.25) is 4.79 Å². The molecule has 2 N–H and O–H groups in total. The number of benzene rings is 1. The lowest BCUT2D eigenvalue weighted by atomic mass is 10.1. The molecule has 4 heteroatoms. The first kappa shape index (κ1) is 11.0. The zero-order valence-electron chi connectivity index (χ0n) is 8.82. The highest BCUT2D eigenvalue weighted by atomic mass is 35.5. The summed E-state index contributed by atoms with van der Waals surface area (Å²) in [6.07, 6.45) is 4.93. The van der Waals surface area contributed by atoms with Crippen molar-refractivity contribution in [1.82, 2.24) is 4.90 Å². The Kier molecular flexibility index (Phi) is 3.15. The molecular weight excluding hydrogens is 224 g/mol. The predicted molar refractivity (Wildman–Crippen MR) is 65.5 cm³/mol. The second kappa shape index (κ2) is 4.58. The van der Waals surface area contributed by atoms with Crippen LogP contribution in [0.1, 0.15) is 16.8 Å². The van der Waals surface area contributed by atoms with Crippen LogP contribution in [0, 0.1) is 0 Å². The van der Waals surface area contributed by atoms with Crippen LogP contribution in [0.15, 0.2) is 30.4 Å². The third-order valence-electron chi connectivity index (χ3n) is 2.61. The lowest BCUT2D eigenvalue weighted by Crippen LogP contribution is -2.34. The van der Waals surface area contributed by atoms with Crippen molar-refractivity contribution >= 4 is 23.2 Å². The molecule has 2 rings (SSSR count). The average Bonchev–Trinajstić information content (AvgIpc) is 2.30. The van der Waals surface area contributed by atoms with Gasteiger partial charge in [0.05, 0.1) is 10.6 Å². The van der Waals surface area contributed by atoms with E-state index in [0.717, 1.165) is 13.0 Å². The number of anilines is 1. The smallest absolute Gasteiger partial charge is 0.257 e. The Morgan fingerprint density at radius 2 is 2.19 bits per heavy atom. The molecule has 1 aromatic rings. The van der Waals surface area contributed by atoms with Crippen molar-refractivity contribution in [3.05, 3.63) is 40.9 Å². The molecule has 0 fully saturated rings. The number of halogens is 1. The van der Waals surface area contributed by atoms with E-state index < -0.39 is 0 Å². The second-order valence-corrected chi connectivity index (χ2v) is 4.12. The van der Waals surface area contributed by atoms with E-state index in [4.69, 9.17) is 17.3 Å². The van der Waals surface area contributed by atoms with Gasteiger partial charge in [-0.15, -0.1) is 0 Å². The fraction of sp³-hybridized carbons (Fsp3) is 0.250. The van der Waals surface area contributed by atoms with Crippen molar-refractivity contribution in [3.8, 4) is 0 Å². The van der Waals surface area contributed by atoms with Gasteiger partial charge in [0, 0.05) is 18.8 Å². The molecule has 0 saturated heterocycles. The van der Waals surface area contributed by atoms with Crippen molar-refractivity contribution < 1.29 is 4.79 Å². The van der Waals surface area contributed by atoms with Crippen LogP contribution < -0.4 is 5.73 Å². The van der Waals surface area contributed by atoms with Crippen LogP contribution in [0.5, 0.6) is 0 Å². The maximum absolute atomic E-state index is 12.2. The van der Waals surface area contributed by atoms with E-state index in [9.17, 15) is 4.79 Å². The minimum Gasteiger partial charge on any atom is -0.398 e. The van der Waals surface area contributed by atoms with Gasteiger partial charge in [-0.2, -0.15) is 0 Å². The molecule has 0 unspecified atom stereocenters. The molecule has 0 atom stereocenters. The van der Waals surface area contributed by atoms with E-state index >= 15 is 0 Å². The molecule has 0 aliphatic carbocycles. The molecule has 0 radical (unpaired) electrons. The number of carbonyl (C=O) groups is 1. The summed E-state index contributed by atoms with van der Waals surface area (Å²) < 4.78 is 0. The molecule has 84 valence electrons. The van der Waals surface area contributed by atoms with Gasteiger partial charge in [0.25, 0.3) is 5.91 Å². The number of nitrogens with two attached hydrogens (primary N) is 1. The summed E-state index contributed by atoms with van der Waals surface area (Å²) in [5.74, 6) is -0.0903. The molecule has 16 heavy (non-hydrogen) atoms. The third-order valence-corrected chi connectivity index (χ3v) is 2.92. The first-order chi connectivity index (χ1) is 7.70. The van der Waals surface area contributed by atoms with Crippen LogP contribution in [0.3, 0.4) is 0 Å². The molecule has 1 aliphatic heterocycles. The largest absolute Gasteiger partial charge is 0.398 e.